The molecule has 4 nitrogen and oxygen atoms in total. The molecule has 3 aromatic rings. The predicted octanol–water partition coefficient (Wildman–Crippen LogP) is 5.64. The maximum atomic E-state index is 13.2. The standard InChI is InChI=1S/C20H15ClFNO3S/c1-2-26-20(25)17-16(23-19(24)13-3-7-14(21)8-4-13)11-27-18(17)12-5-9-15(22)10-6-12/h3-11H,2H2,1H3,(H,23,24). The lowest BCUT2D eigenvalue weighted by molar-refractivity contribution is 0.0529. The number of ether oxygens (including phenoxy) is 1. The monoisotopic (exact) mass is 403 g/mol. The topological polar surface area (TPSA) is 55.4 Å². The number of rotatable bonds is 5. The summed E-state index contributed by atoms with van der Waals surface area (Å²) in [5, 5.41) is 4.93. The molecule has 0 saturated heterocycles. The van der Waals surface area contributed by atoms with E-state index < -0.39 is 5.97 Å². The Morgan fingerprint density at radius 1 is 1.11 bits per heavy atom. The SMILES string of the molecule is CCOC(=O)c1c(NC(=O)c2ccc(Cl)cc2)csc1-c1ccc(F)cc1. The van der Waals surface area contributed by atoms with E-state index in [1.165, 1.54) is 23.5 Å². The van der Waals surface area contributed by atoms with Crippen LogP contribution in [0.1, 0.15) is 27.6 Å². The first-order valence-corrected chi connectivity index (χ1v) is 9.36. The van der Waals surface area contributed by atoms with Gasteiger partial charge in [0, 0.05) is 16.0 Å². The average Bonchev–Trinajstić information content (AvgIpc) is 3.06. The second-order valence-corrected chi connectivity index (χ2v) is 6.86. The predicted molar refractivity (Wildman–Crippen MR) is 105 cm³/mol. The number of esters is 1. The van der Waals surface area contributed by atoms with E-state index in [-0.39, 0.29) is 23.9 Å². The van der Waals surface area contributed by atoms with Crippen LogP contribution in [0.2, 0.25) is 5.02 Å². The maximum Gasteiger partial charge on any atom is 0.341 e. The van der Waals surface area contributed by atoms with Crippen LogP contribution in [0, 0.1) is 5.82 Å². The second-order valence-electron chi connectivity index (χ2n) is 5.54. The van der Waals surface area contributed by atoms with Crippen LogP contribution in [0.25, 0.3) is 10.4 Å². The Morgan fingerprint density at radius 2 is 1.78 bits per heavy atom. The summed E-state index contributed by atoms with van der Waals surface area (Å²) in [5.74, 6) is -1.30. The second kappa shape index (κ2) is 8.33. The van der Waals surface area contributed by atoms with Gasteiger partial charge in [-0.3, -0.25) is 4.79 Å². The van der Waals surface area contributed by atoms with Gasteiger partial charge < -0.3 is 10.1 Å². The van der Waals surface area contributed by atoms with Crippen LogP contribution in [-0.2, 0) is 4.74 Å². The van der Waals surface area contributed by atoms with Gasteiger partial charge in [-0.25, -0.2) is 9.18 Å². The lowest BCUT2D eigenvalue weighted by Crippen LogP contribution is -2.15. The van der Waals surface area contributed by atoms with Crippen molar-refractivity contribution >= 4 is 40.5 Å². The molecule has 1 N–H and O–H groups in total. The molecule has 2 aromatic carbocycles. The highest BCUT2D eigenvalue weighted by Crippen LogP contribution is 2.37. The largest absolute Gasteiger partial charge is 0.462 e. The van der Waals surface area contributed by atoms with Gasteiger partial charge in [0.1, 0.15) is 11.4 Å². The molecule has 1 amide bonds. The molecule has 0 aliphatic carbocycles. The Hall–Kier alpha value is -2.70. The lowest BCUT2D eigenvalue weighted by atomic mass is 10.1. The van der Waals surface area contributed by atoms with Gasteiger partial charge in [0.05, 0.1) is 17.2 Å². The number of thiophene rings is 1. The molecule has 0 saturated carbocycles. The molecular weight excluding hydrogens is 389 g/mol. The highest BCUT2D eigenvalue weighted by molar-refractivity contribution is 7.14. The molecule has 0 aliphatic rings. The minimum atomic E-state index is -0.551. The molecule has 0 bridgehead atoms. The molecule has 27 heavy (non-hydrogen) atoms. The summed E-state index contributed by atoms with van der Waals surface area (Å²) in [6, 6.07) is 12.2. The molecular formula is C20H15ClFNO3S. The fourth-order valence-corrected chi connectivity index (χ4v) is 3.59. The fraction of sp³-hybridized carbons (Fsp3) is 0.100. The van der Waals surface area contributed by atoms with Crippen LogP contribution >= 0.6 is 22.9 Å². The molecule has 0 atom stereocenters. The minimum absolute atomic E-state index is 0.197. The van der Waals surface area contributed by atoms with E-state index in [2.05, 4.69) is 5.32 Å². The van der Waals surface area contributed by atoms with E-state index in [4.69, 9.17) is 16.3 Å². The van der Waals surface area contributed by atoms with E-state index in [1.54, 1.807) is 48.7 Å². The van der Waals surface area contributed by atoms with Crippen LogP contribution in [0.15, 0.2) is 53.9 Å². The third kappa shape index (κ3) is 4.35. The molecule has 1 aromatic heterocycles. The van der Waals surface area contributed by atoms with Gasteiger partial charge in [-0.15, -0.1) is 11.3 Å². The fourth-order valence-electron chi connectivity index (χ4n) is 2.47. The van der Waals surface area contributed by atoms with Gasteiger partial charge in [0.15, 0.2) is 0 Å². The lowest BCUT2D eigenvalue weighted by Gasteiger charge is -2.09. The first kappa shape index (κ1) is 19.1. The van der Waals surface area contributed by atoms with E-state index >= 15 is 0 Å². The normalized spacial score (nSPS) is 10.5. The number of benzene rings is 2. The van der Waals surface area contributed by atoms with E-state index in [0.29, 0.717) is 26.7 Å². The molecule has 0 aliphatic heterocycles. The van der Waals surface area contributed by atoms with E-state index in [1.807, 2.05) is 0 Å². The van der Waals surface area contributed by atoms with Crippen molar-refractivity contribution in [1.29, 1.82) is 0 Å². The summed E-state index contributed by atoms with van der Waals surface area (Å²) in [5.41, 5.74) is 1.66. The van der Waals surface area contributed by atoms with Crippen molar-refractivity contribution in [1.82, 2.24) is 0 Å². The van der Waals surface area contributed by atoms with Crippen molar-refractivity contribution in [2.24, 2.45) is 0 Å². The van der Waals surface area contributed by atoms with Crippen molar-refractivity contribution in [3.05, 3.63) is 75.9 Å². The molecule has 0 spiro atoms. The number of carbonyl (C=O) groups excluding carboxylic acids is 2. The van der Waals surface area contributed by atoms with E-state index in [9.17, 15) is 14.0 Å². The van der Waals surface area contributed by atoms with Crippen LogP contribution in [0.3, 0.4) is 0 Å². The third-order valence-corrected chi connectivity index (χ3v) is 5.01. The van der Waals surface area contributed by atoms with Gasteiger partial charge >= 0.3 is 5.97 Å². The Morgan fingerprint density at radius 3 is 2.41 bits per heavy atom. The number of carbonyl (C=O) groups is 2. The number of amides is 1. The smallest absolute Gasteiger partial charge is 0.341 e. The molecule has 3 rings (SSSR count). The molecule has 138 valence electrons. The summed E-state index contributed by atoms with van der Waals surface area (Å²) in [6.07, 6.45) is 0. The Labute approximate surface area is 164 Å². The molecule has 0 radical (unpaired) electrons. The molecule has 1 heterocycles. The molecule has 0 fully saturated rings. The van der Waals surface area contributed by atoms with Crippen molar-refractivity contribution in [3.8, 4) is 10.4 Å². The van der Waals surface area contributed by atoms with Gasteiger partial charge in [-0.05, 0) is 48.9 Å². The van der Waals surface area contributed by atoms with Gasteiger partial charge in [-0.1, -0.05) is 23.7 Å². The first-order chi connectivity index (χ1) is 13.0. The van der Waals surface area contributed by atoms with Crippen molar-refractivity contribution in [2.45, 2.75) is 6.92 Å². The van der Waals surface area contributed by atoms with Crippen LogP contribution in [-0.4, -0.2) is 18.5 Å². The molecule has 0 unspecified atom stereocenters. The quantitative estimate of drug-likeness (QED) is 0.561. The van der Waals surface area contributed by atoms with Crippen molar-refractivity contribution in [2.75, 3.05) is 11.9 Å². The number of nitrogens with one attached hydrogen (secondary N) is 1. The summed E-state index contributed by atoms with van der Waals surface area (Å²) < 4.78 is 18.4. The summed E-state index contributed by atoms with van der Waals surface area (Å²) in [7, 11) is 0. The Bertz CT molecular complexity index is 968. The van der Waals surface area contributed by atoms with Crippen molar-refractivity contribution < 1.29 is 18.7 Å². The number of halogens is 2. The zero-order valence-electron chi connectivity index (χ0n) is 14.3. The highest BCUT2D eigenvalue weighted by Gasteiger charge is 2.23. The number of hydrogen-bond donors (Lipinski definition) is 1. The first-order valence-electron chi connectivity index (χ1n) is 8.11. The summed E-state index contributed by atoms with van der Waals surface area (Å²) in [4.78, 5) is 25.6. The van der Waals surface area contributed by atoms with Crippen LogP contribution < -0.4 is 5.32 Å². The number of hydrogen-bond acceptors (Lipinski definition) is 4. The zero-order chi connectivity index (χ0) is 19.4. The Balaban J connectivity index is 1.97. The number of anilines is 1. The maximum absolute atomic E-state index is 13.2. The average molecular weight is 404 g/mol. The van der Waals surface area contributed by atoms with Crippen LogP contribution in [0.5, 0.6) is 0 Å². The van der Waals surface area contributed by atoms with E-state index in [0.717, 1.165) is 0 Å². The Kier molecular flexibility index (Phi) is 5.88. The van der Waals surface area contributed by atoms with Gasteiger partial charge in [-0.2, -0.15) is 0 Å². The zero-order valence-corrected chi connectivity index (χ0v) is 15.9. The van der Waals surface area contributed by atoms with Crippen LogP contribution in [0.4, 0.5) is 10.1 Å². The van der Waals surface area contributed by atoms with Gasteiger partial charge in [0.2, 0.25) is 0 Å². The highest BCUT2D eigenvalue weighted by atomic mass is 35.5. The summed E-state index contributed by atoms with van der Waals surface area (Å²) in [6.45, 7) is 1.90. The van der Waals surface area contributed by atoms with Gasteiger partial charge in [0.25, 0.3) is 5.91 Å². The van der Waals surface area contributed by atoms with Crippen molar-refractivity contribution in [3.63, 3.8) is 0 Å². The minimum Gasteiger partial charge on any atom is -0.462 e. The molecule has 7 heteroatoms. The third-order valence-electron chi connectivity index (χ3n) is 3.73. The summed E-state index contributed by atoms with van der Waals surface area (Å²) >= 11 is 7.11.